The number of anilines is 1. The highest BCUT2D eigenvalue weighted by Crippen LogP contribution is 2.30. The van der Waals surface area contributed by atoms with Crippen molar-refractivity contribution in [2.45, 2.75) is 6.42 Å². The number of carbonyl (C=O) groups is 1. The van der Waals surface area contributed by atoms with Crippen LogP contribution in [0.5, 0.6) is 5.75 Å². The number of H-pyrrole nitrogens is 1. The molecule has 0 bridgehead atoms. The van der Waals surface area contributed by atoms with Gasteiger partial charge in [0.2, 0.25) is 5.91 Å². The minimum atomic E-state index is -0.266. The highest BCUT2D eigenvalue weighted by atomic mass is 35.5. The first-order chi connectivity index (χ1) is 11.7. The molecule has 1 amide bonds. The van der Waals surface area contributed by atoms with Gasteiger partial charge in [0.05, 0.1) is 16.5 Å². The monoisotopic (exact) mass is 359 g/mol. The van der Waals surface area contributed by atoms with Gasteiger partial charge >= 0.3 is 0 Å². The molecule has 3 aromatic rings. The number of hydrogen-bond acceptors (Lipinski definition) is 4. The summed E-state index contributed by atoms with van der Waals surface area (Å²) in [7, 11) is 0. The van der Waals surface area contributed by atoms with Crippen molar-refractivity contribution in [3.63, 3.8) is 0 Å². The van der Waals surface area contributed by atoms with E-state index in [9.17, 15) is 4.79 Å². The summed E-state index contributed by atoms with van der Waals surface area (Å²) in [4.78, 5) is 13.6. The van der Waals surface area contributed by atoms with E-state index in [1.807, 2.05) is 35.7 Å². The Kier molecular flexibility index (Phi) is 4.00. The number of halogens is 1. The van der Waals surface area contributed by atoms with E-state index < -0.39 is 0 Å². The maximum atomic E-state index is 12.5. The lowest BCUT2D eigenvalue weighted by Gasteiger charge is -2.24. The number of ether oxygens (including phenoxy) is 1. The van der Waals surface area contributed by atoms with Gasteiger partial charge in [0.1, 0.15) is 12.4 Å². The van der Waals surface area contributed by atoms with Crippen LogP contribution in [-0.4, -0.2) is 22.7 Å². The van der Waals surface area contributed by atoms with Crippen LogP contribution in [0, 0.1) is 5.92 Å². The Morgan fingerprint density at radius 3 is 3.12 bits per heavy atom. The van der Waals surface area contributed by atoms with Crippen molar-refractivity contribution >= 4 is 34.7 Å². The van der Waals surface area contributed by atoms with Gasteiger partial charge < -0.3 is 10.1 Å². The Morgan fingerprint density at radius 2 is 2.29 bits per heavy atom. The second-order valence-corrected chi connectivity index (χ2v) is 6.98. The van der Waals surface area contributed by atoms with Crippen molar-refractivity contribution in [1.29, 1.82) is 0 Å². The van der Waals surface area contributed by atoms with Gasteiger partial charge in [-0.3, -0.25) is 9.89 Å². The van der Waals surface area contributed by atoms with E-state index in [0.29, 0.717) is 23.9 Å². The number of rotatable bonds is 3. The second-order valence-electron chi connectivity index (χ2n) is 5.60. The molecule has 3 heterocycles. The number of aromatic nitrogens is 2. The lowest BCUT2D eigenvalue weighted by molar-refractivity contribution is -0.121. The largest absolute Gasteiger partial charge is 0.492 e. The van der Waals surface area contributed by atoms with Crippen LogP contribution < -0.4 is 10.1 Å². The van der Waals surface area contributed by atoms with Gasteiger partial charge in [0.15, 0.2) is 5.82 Å². The van der Waals surface area contributed by atoms with Gasteiger partial charge in [-0.2, -0.15) is 5.10 Å². The highest BCUT2D eigenvalue weighted by molar-refractivity contribution is 7.13. The number of fused-ring (bicyclic) bond motifs is 1. The third kappa shape index (κ3) is 3.02. The fraction of sp³-hybridized carbons (Fsp3) is 0.176. The van der Waals surface area contributed by atoms with Gasteiger partial charge in [-0.1, -0.05) is 17.7 Å². The van der Waals surface area contributed by atoms with Crippen molar-refractivity contribution in [2.75, 3.05) is 11.9 Å². The summed E-state index contributed by atoms with van der Waals surface area (Å²) in [6.45, 7) is 0.350. The summed E-state index contributed by atoms with van der Waals surface area (Å²) >= 11 is 7.63. The van der Waals surface area contributed by atoms with Crippen LogP contribution in [0.15, 0.2) is 41.8 Å². The predicted octanol–water partition coefficient (Wildman–Crippen LogP) is 3.98. The zero-order valence-electron chi connectivity index (χ0n) is 12.6. The van der Waals surface area contributed by atoms with E-state index in [1.165, 1.54) is 0 Å². The van der Waals surface area contributed by atoms with E-state index in [2.05, 4.69) is 15.5 Å². The molecule has 1 atom stereocenters. The van der Waals surface area contributed by atoms with Gasteiger partial charge in [-0.05, 0) is 41.6 Å². The van der Waals surface area contributed by atoms with E-state index in [0.717, 1.165) is 21.9 Å². The third-order valence-corrected chi connectivity index (χ3v) is 5.05. The van der Waals surface area contributed by atoms with Gasteiger partial charge in [0, 0.05) is 11.1 Å². The first-order valence-electron chi connectivity index (χ1n) is 7.50. The molecule has 1 aromatic carbocycles. The van der Waals surface area contributed by atoms with Crippen molar-refractivity contribution in [1.82, 2.24) is 10.2 Å². The Labute approximate surface area is 147 Å². The van der Waals surface area contributed by atoms with Gasteiger partial charge in [-0.15, -0.1) is 11.3 Å². The smallest absolute Gasteiger partial charge is 0.232 e. The number of aromatic amines is 1. The van der Waals surface area contributed by atoms with Crippen LogP contribution in [0.2, 0.25) is 5.02 Å². The van der Waals surface area contributed by atoms with Crippen LogP contribution in [0.25, 0.3) is 10.6 Å². The molecular weight excluding hydrogens is 346 g/mol. The molecule has 0 fully saturated rings. The maximum absolute atomic E-state index is 12.5. The fourth-order valence-corrected chi connectivity index (χ4v) is 3.59. The quantitative estimate of drug-likeness (QED) is 0.743. The second kappa shape index (κ2) is 6.30. The minimum absolute atomic E-state index is 0.107. The lowest BCUT2D eigenvalue weighted by atomic mass is 9.96. The molecular formula is C17H14ClN3O2S. The topological polar surface area (TPSA) is 67.0 Å². The molecule has 2 N–H and O–H groups in total. The first-order valence-corrected chi connectivity index (χ1v) is 8.76. The number of nitrogens with one attached hydrogen (secondary N) is 2. The number of nitrogens with zero attached hydrogens (tertiary/aromatic N) is 1. The van der Waals surface area contributed by atoms with Crippen LogP contribution >= 0.6 is 22.9 Å². The molecule has 5 nitrogen and oxygen atoms in total. The van der Waals surface area contributed by atoms with E-state index in [-0.39, 0.29) is 11.8 Å². The zero-order valence-corrected chi connectivity index (χ0v) is 14.2. The van der Waals surface area contributed by atoms with Crippen LogP contribution in [-0.2, 0) is 11.2 Å². The molecule has 24 heavy (non-hydrogen) atoms. The van der Waals surface area contributed by atoms with E-state index in [4.69, 9.17) is 16.3 Å². The minimum Gasteiger partial charge on any atom is -0.492 e. The number of hydrogen-bond donors (Lipinski definition) is 2. The number of carbonyl (C=O) groups excluding carboxylic acids is 1. The predicted molar refractivity (Wildman–Crippen MR) is 94.7 cm³/mol. The molecule has 0 aliphatic carbocycles. The molecule has 122 valence electrons. The highest BCUT2D eigenvalue weighted by Gasteiger charge is 2.26. The van der Waals surface area contributed by atoms with Crippen LogP contribution in [0.4, 0.5) is 5.82 Å². The molecule has 4 rings (SSSR count). The van der Waals surface area contributed by atoms with Gasteiger partial charge in [-0.25, -0.2) is 0 Å². The SMILES string of the molecule is O=C(Nc1cc(-c2cccs2)[nH]n1)C1COc2ccc(Cl)cc2C1. The Hall–Kier alpha value is -2.31. The van der Waals surface area contributed by atoms with Crippen molar-refractivity contribution < 1.29 is 9.53 Å². The molecule has 1 unspecified atom stereocenters. The molecule has 1 aliphatic rings. The molecule has 0 spiro atoms. The van der Waals surface area contributed by atoms with E-state index in [1.54, 1.807) is 17.4 Å². The standard InChI is InChI=1S/C17H14ClN3O2S/c18-12-3-4-14-10(7-12)6-11(9-23-14)17(22)19-16-8-13(20-21-16)15-2-1-5-24-15/h1-5,7-8,11H,6,9H2,(H2,19,20,21,22). The van der Waals surface area contributed by atoms with E-state index >= 15 is 0 Å². The zero-order chi connectivity index (χ0) is 16.5. The molecule has 0 saturated heterocycles. The first kappa shape index (κ1) is 15.2. The fourth-order valence-electron chi connectivity index (χ4n) is 2.70. The molecule has 0 saturated carbocycles. The summed E-state index contributed by atoms with van der Waals surface area (Å²) in [6, 6.07) is 11.3. The lowest BCUT2D eigenvalue weighted by Crippen LogP contribution is -2.32. The van der Waals surface area contributed by atoms with Crippen molar-refractivity contribution in [3.8, 4) is 16.3 Å². The molecule has 2 aromatic heterocycles. The number of amides is 1. The number of benzene rings is 1. The summed E-state index contributed by atoms with van der Waals surface area (Å²) in [5.41, 5.74) is 1.84. The third-order valence-electron chi connectivity index (χ3n) is 3.92. The van der Waals surface area contributed by atoms with Crippen LogP contribution in [0.3, 0.4) is 0 Å². The van der Waals surface area contributed by atoms with Crippen molar-refractivity contribution in [2.24, 2.45) is 5.92 Å². The summed E-state index contributed by atoms with van der Waals surface area (Å²) in [6.07, 6.45) is 0.601. The Morgan fingerprint density at radius 1 is 1.38 bits per heavy atom. The number of thiophene rings is 1. The van der Waals surface area contributed by atoms with Crippen molar-refractivity contribution in [3.05, 3.63) is 52.4 Å². The maximum Gasteiger partial charge on any atom is 0.232 e. The molecule has 7 heteroatoms. The molecule has 0 radical (unpaired) electrons. The summed E-state index contributed by atoms with van der Waals surface area (Å²) in [5.74, 6) is 0.936. The Balaban J connectivity index is 1.45. The normalized spacial score (nSPS) is 16.3. The Bertz CT molecular complexity index is 876. The summed E-state index contributed by atoms with van der Waals surface area (Å²) < 4.78 is 5.67. The van der Waals surface area contributed by atoms with Crippen LogP contribution in [0.1, 0.15) is 5.56 Å². The molecule has 1 aliphatic heterocycles. The average Bonchev–Trinajstić information content (AvgIpc) is 3.25. The van der Waals surface area contributed by atoms with Gasteiger partial charge in [0.25, 0.3) is 0 Å². The average molecular weight is 360 g/mol. The summed E-state index contributed by atoms with van der Waals surface area (Å²) in [5, 5.41) is 12.6.